The fraction of sp³-hybridized carbons (Fsp3) is 0.286. The fourth-order valence-corrected chi connectivity index (χ4v) is 4.15. The third-order valence-electron chi connectivity index (χ3n) is 4.78. The van der Waals surface area contributed by atoms with Crippen molar-refractivity contribution in [1.82, 2.24) is 9.97 Å². The van der Waals surface area contributed by atoms with E-state index in [-0.39, 0.29) is 23.9 Å². The molecule has 1 heterocycles. The standard InChI is InChI=1S/C21H20N2O3S/c1-13-4-2-7-17-20(13)22-18(23-21(17)25)11-26-19(24)12-27-16-9-8-14-5-3-6-15(14)10-16/h2,4,7-10H,3,5-6,11-12H2,1H3,(H,22,23,25). The number of benzene rings is 2. The summed E-state index contributed by atoms with van der Waals surface area (Å²) >= 11 is 1.47. The van der Waals surface area contributed by atoms with E-state index in [0.717, 1.165) is 23.3 Å². The van der Waals surface area contributed by atoms with Crippen molar-refractivity contribution in [3.63, 3.8) is 0 Å². The van der Waals surface area contributed by atoms with Crippen LogP contribution in [-0.4, -0.2) is 21.7 Å². The average Bonchev–Trinajstić information content (AvgIpc) is 3.13. The zero-order chi connectivity index (χ0) is 18.8. The van der Waals surface area contributed by atoms with E-state index < -0.39 is 0 Å². The van der Waals surface area contributed by atoms with E-state index >= 15 is 0 Å². The quantitative estimate of drug-likeness (QED) is 0.541. The Bertz CT molecular complexity index is 1070. The van der Waals surface area contributed by atoms with Gasteiger partial charge in [-0.05, 0) is 61.1 Å². The Morgan fingerprint density at radius 2 is 2.07 bits per heavy atom. The highest BCUT2D eigenvalue weighted by Crippen LogP contribution is 2.27. The minimum absolute atomic E-state index is 0.0386. The lowest BCUT2D eigenvalue weighted by atomic mass is 10.1. The Labute approximate surface area is 161 Å². The van der Waals surface area contributed by atoms with E-state index in [4.69, 9.17) is 4.74 Å². The van der Waals surface area contributed by atoms with E-state index in [1.165, 1.54) is 29.3 Å². The SMILES string of the molecule is Cc1cccc2c(=O)[nH]c(COC(=O)CSc3ccc4c(c3)CCC4)nc12. The van der Waals surface area contributed by atoms with Gasteiger partial charge in [-0.2, -0.15) is 0 Å². The van der Waals surface area contributed by atoms with Crippen molar-refractivity contribution < 1.29 is 9.53 Å². The number of hydrogen-bond donors (Lipinski definition) is 1. The Balaban J connectivity index is 1.37. The zero-order valence-corrected chi connectivity index (χ0v) is 15.9. The molecule has 1 N–H and O–H groups in total. The number of ether oxygens (including phenoxy) is 1. The molecule has 0 unspecified atom stereocenters. The van der Waals surface area contributed by atoms with Crippen LogP contribution >= 0.6 is 11.8 Å². The molecule has 6 heteroatoms. The van der Waals surface area contributed by atoms with Crippen molar-refractivity contribution in [3.05, 3.63) is 69.3 Å². The van der Waals surface area contributed by atoms with Gasteiger partial charge in [0.05, 0.1) is 16.7 Å². The van der Waals surface area contributed by atoms with Crippen LogP contribution in [0.1, 0.15) is 28.9 Å². The van der Waals surface area contributed by atoms with Gasteiger partial charge in [0, 0.05) is 4.90 Å². The number of nitrogens with zero attached hydrogens (tertiary/aromatic N) is 1. The molecular weight excluding hydrogens is 360 g/mol. The Morgan fingerprint density at radius 1 is 1.22 bits per heavy atom. The van der Waals surface area contributed by atoms with Crippen LogP contribution in [0, 0.1) is 6.92 Å². The first-order valence-electron chi connectivity index (χ1n) is 8.99. The maximum Gasteiger partial charge on any atom is 0.316 e. The molecule has 1 aromatic heterocycles. The Hall–Kier alpha value is -2.60. The van der Waals surface area contributed by atoms with Crippen LogP contribution in [0.2, 0.25) is 0 Å². The molecule has 0 spiro atoms. The Morgan fingerprint density at radius 3 is 2.96 bits per heavy atom. The molecular formula is C21H20N2O3S. The molecule has 0 fully saturated rings. The number of carbonyl (C=O) groups excluding carboxylic acids is 1. The van der Waals surface area contributed by atoms with Gasteiger partial charge in [0.1, 0.15) is 12.4 Å². The van der Waals surface area contributed by atoms with Crippen molar-refractivity contribution in [2.75, 3.05) is 5.75 Å². The predicted octanol–water partition coefficient (Wildman–Crippen LogP) is 3.56. The number of aromatic amines is 1. The average molecular weight is 380 g/mol. The molecule has 0 amide bonds. The molecule has 0 saturated carbocycles. The summed E-state index contributed by atoms with van der Waals surface area (Å²) < 4.78 is 5.29. The monoisotopic (exact) mass is 380 g/mol. The molecule has 0 saturated heterocycles. The molecule has 0 atom stereocenters. The molecule has 138 valence electrons. The summed E-state index contributed by atoms with van der Waals surface area (Å²) in [6, 6.07) is 11.8. The van der Waals surface area contributed by atoms with Gasteiger partial charge in [0.25, 0.3) is 5.56 Å². The van der Waals surface area contributed by atoms with Crippen LogP contribution in [0.5, 0.6) is 0 Å². The van der Waals surface area contributed by atoms with Crippen molar-refractivity contribution in [2.24, 2.45) is 0 Å². The number of rotatable bonds is 5. The van der Waals surface area contributed by atoms with E-state index in [1.54, 1.807) is 6.07 Å². The summed E-state index contributed by atoms with van der Waals surface area (Å²) in [5.41, 5.74) is 4.14. The first-order valence-corrected chi connectivity index (χ1v) is 9.97. The Kier molecular flexibility index (Phi) is 4.99. The number of fused-ring (bicyclic) bond motifs is 2. The lowest BCUT2D eigenvalue weighted by molar-refractivity contribution is -0.141. The van der Waals surface area contributed by atoms with Gasteiger partial charge in [-0.25, -0.2) is 4.98 Å². The predicted molar refractivity (Wildman–Crippen MR) is 106 cm³/mol. The van der Waals surface area contributed by atoms with E-state index in [1.807, 2.05) is 19.1 Å². The normalized spacial score (nSPS) is 12.9. The molecule has 3 aromatic rings. The molecule has 0 bridgehead atoms. The number of aryl methyl sites for hydroxylation is 3. The summed E-state index contributed by atoms with van der Waals surface area (Å²) in [6.45, 7) is 1.86. The van der Waals surface area contributed by atoms with Gasteiger partial charge in [-0.1, -0.05) is 18.2 Å². The number of carbonyl (C=O) groups is 1. The molecule has 4 rings (SSSR count). The number of esters is 1. The number of aromatic nitrogens is 2. The van der Waals surface area contributed by atoms with Gasteiger partial charge in [-0.15, -0.1) is 11.8 Å². The van der Waals surface area contributed by atoms with Crippen molar-refractivity contribution >= 4 is 28.6 Å². The highest BCUT2D eigenvalue weighted by atomic mass is 32.2. The van der Waals surface area contributed by atoms with Gasteiger partial charge in [0.15, 0.2) is 0 Å². The smallest absolute Gasteiger partial charge is 0.316 e. The molecule has 2 aromatic carbocycles. The summed E-state index contributed by atoms with van der Waals surface area (Å²) in [7, 11) is 0. The summed E-state index contributed by atoms with van der Waals surface area (Å²) in [4.78, 5) is 32.4. The minimum atomic E-state index is -0.326. The van der Waals surface area contributed by atoms with Crippen molar-refractivity contribution in [1.29, 1.82) is 0 Å². The van der Waals surface area contributed by atoms with Gasteiger partial charge in [-0.3, -0.25) is 9.59 Å². The second kappa shape index (κ2) is 7.56. The molecule has 27 heavy (non-hydrogen) atoms. The first-order chi connectivity index (χ1) is 13.1. The highest BCUT2D eigenvalue weighted by Gasteiger charge is 2.13. The zero-order valence-electron chi connectivity index (χ0n) is 15.1. The number of thioether (sulfide) groups is 1. The lowest BCUT2D eigenvalue weighted by Gasteiger charge is -2.07. The van der Waals surface area contributed by atoms with Crippen LogP contribution in [0.15, 0.2) is 46.1 Å². The largest absolute Gasteiger partial charge is 0.457 e. The third-order valence-corrected chi connectivity index (χ3v) is 5.75. The van der Waals surface area contributed by atoms with Crippen LogP contribution in [0.25, 0.3) is 10.9 Å². The summed E-state index contributed by atoms with van der Waals surface area (Å²) in [6.07, 6.45) is 3.48. The third kappa shape index (κ3) is 3.90. The molecule has 1 aliphatic carbocycles. The fourth-order valence-electron chi connectivity index (χ4n) is 3.39. The maximum absolute atomic E-state index is 12.2. The molecule has 5 nitrogen and oxygen atoms in total. The van der Waals surface area contributed by atoms with Crippen molar-refractivity contribution in [2.45, 2.75) is 37.7 Å². The topological polar surface area (TPSA) is 72.1 Å². The van der Waals surface area contributed by atoms with Crippen LogP contribution < -0.4 is 5.56 Å². The van der Waals surface area contributed by atoms with E-state index in [0.29, 0.717) is 16.7 Å². The molecule has 1 aliphatic rings. The van der Waals surface area contributed by atoms with Gasteiger partial charge < -0.3 is 9.72 Å². The second-order valence-corrected chi connectivity index (χ2v) is 7.77. The van der Waals surface area contributed by atoms with Gasteiger partial charge >= 0.3 is 5.97 Å². The van der Waals surface area contributed by atoms with Gasteiger partial charge in [0.2, 0.25) is 0 Å². The number of H-pyrrole nitrogens is 1. The lowest BCUT2D eigenvalue weighted by Crippen LogP contribution is -2.15. The summed E-state index contributed by atoms with van der Waals surface area (Å²) in [5.74, 6) is 0.265. The number of nitrogens with one attached hydrogen (secondary N) is 1. The van der Waals surface area contributed by atoms with E-state index in [2.05, 4.69) is 28.2 Å². The number of hydrogen-bond acceptors (Lipinski definition) is 5. The minimum Gasteiger partial charge on any atom is -0.457 e. The van der Waals surface area contributed by atoms with Crippen LogP contribution in [0.3, 0.4) is 0 Å². The highest BCUT2D eigenvalue weighted by molar-refractivity contribution is 8.00. The maximum atomic E-state index is 12.2. The summed E-state index contributed by atoms with van der Waals surface area (Å²) in [5, 5.41) is 0.539. The van der Waals surface area contributed by atoms with E-state index in [9.17, 15) is 9.59 Å². The van der Waals surface area contributed by atoms with Crippen LogP contribution in [-0.2, 0) is 29.0 Å². The second-order valence-electron chi connectivity index (χ2n) is 6.72. The van der Waals surface area contributed by atoms with Crippen LogP contribution in [0.4, 0.5) is 0 Å². The number of para-hydroxylation sites is 1. The van der Waals surface area contributed by atoms with Crippen molar-refractivity contribution in [3.8, 4) is 0 Å². The molecule has 0 radical (unpaired) electrons. The first kappa shape index (κ1) is 17.8. The molecule has 0 aliphatic heterocycles.